The third-order valence-electron chi connectivity index (χ3n) is 2.62. The third-order valence-corrected chi connectivity index (χ3v) is 3.15. The number of fused-ring (bicyclic) bond motifs is 1. The van der Waals surface area contributed by atoms with Gasteiger partial charge in [-0.25, -0.2) is 9.79 Å². The summed E-state index contributed by atoms with van der Waals surface area (Å²) in [6.07, 6.45) is 0. The van der Waals surface area contributed by atoms with Gasteiger partial charge in [0.1, 0.15) is 0 Å². The SMILES string of the molecule is O=C1OC(=Nc2ccc(Br)cc2)c2ccccc21. The van der Waals surface area contributed by atoms with Crippen LogP contribution in [-0.2, 0) is 4.74 Å². The number of hydrogen-bond donors (Lipinski definition) is 0. The van der Waals surface area contributed by atoms with Gasteiger partial charge in [0.25, 0.3) is 0 Å². The standard InChI is InChI=1S/C14H8BrNO2/c15-9-5-7-10(8-6-9)16-13-11-3-1-2-4-12(11)14(17)18-13/h1-8H. The van der Waals surface area contributed by atoms with Crippen LogP contribution in [0, 0.1) is 0 Å². The van der Waals surface area contributed by atoms with Crippen molar-refractivity contribution in [3.05, 3.63) is 64.1 Å². The molecule has 1 aliphatic heterocycles. The Morgan fingerprint density at radius 2 is 1.61 bits per heavy atom. The number of rotatable bonds is 1. The van der Waals surface area contributed by atoms with Gasteiger partial charge >= 0.3 is 5.97 Å². The maximum Gasteiger partial charge on any atom is 0.345 e. The quantitative estimate of drug-likeness (QED) is 0.753. The molecule has 0 amide bonds. The second-order valence-electron chi connectivity index (χ2n) is 3.83. The van der Waals surface area contributed by atoms with Crippen LogP contribution in [0.15, 0.2) is 58.0 Å². The minimum atomic E-state index is -0.346. The zero-order chi connectivity index (χ0) is 12.5. The predicted octanol–water partition coefficient (Wildman–Crippen LogP) is 3.70. The summed E-state index contributed by atoms with van der Waals surface area (Å²) < 4.78 is 6.15. The number of cyclic esters (lactones) is 1. The van der Waals surface area contributed by atoms with Crippen LogP contribution < -0.4 is 0 Å². The molecule has 0 unspecified atom stereocenters. The van der Waals surface area contributed by atoms with Gasteiger partial charge in [0.15, 0.2) is 0 Å². The molecular formula is C14H8BrNO2. The summed E-state index contributed by atoms with van der Waals surface area (Å²) in [5, 5.41) is 0. The fourth-order valence-corrected chi connectivity index (χ4v) is 2.03. The highest BCUT2D eigenvalue weighted by Crippen LogP contribution is 2.24. The highest BCUT2D eigenvalue weighted by Gasteiger charge is 2.27. The van der Waals surface area contributed by atoms with Gasteiger partial charge in [0.2, 0.25) is 5.90 Å². The second kappa shape index (κ2) is 4.38. The third kappa shape index (κ3) is 1.95. The van der Waals surface area contributed by atoms with Crippen molar-refractivity contribution in [1.29, 1.82) is 0 Å². The molecule has 2 aromatic rings. The molecule has 0 atom stereocenters. The number of esters is 1. The van der Waals surface area contributed by atoms with E-state index in [9.17, 15) is 4.79 Å². The monoisotopic (exact) mass is 301 g/mol. The molecule has 2 aromatic carbocycles. The van der Waals surface area contributed by atoms with E-state index in [0.29, 0.717) is 11.5 Å². The lowest BCUT2D eigenvalue weighted by Crippen LogP contribution is -1.99. The van der Waals surface area contributed by atoms with E-state index in [4.69, 9.17) is 4.74 Å². The number of ether oxygens (including phenoxy) is 1. The zero-order valence-corrected chi connectivity index (χ0v) is 10.8. The van der Waals surface area contributed by atoms with Gasteiger partial charge in [-0.05, 0) is 36.4 Å². The van der Waals surface area contributed by atoms with Crippen molar-refractivity contribution >= 4 is 33.5 Å². The van der Waals surface area contributed by atoms with Crippen LogP contribution in [0.25, 0.3) is 0 Å². The summed E-state index contributed by atoms with van der Waals surface area (Å²) in [5.74, 6) is 0.0133. The Bertz CT molecular complexity index is 647. The summed E-state index contributed by atoms with van der Waals surface area (Å²) in [6, 6.07) is 14.7. The van der Waals surface area contributed by atoms with E-state index >= 15 is 0 Å². The summed E-state index contributed by atoms with van der Waals surface area (Å²) in [4.78, 5) is 16.0. The summed E-state index contributed by atoms with van der Waals surface area (Å²) >= 11 is 3.36. The molecular weight excluding hydrogens is 294 g/mol. The first kappa shape index (κ1) is 11.2. The Hall–Kier alpha value is -1.94. The van der Waals surface area contributed by atoms with Gasteiger partial charge in [-0.15, -0.1) is 0 Å². The van der Waals surface area contributed by atoms with Crippen LogP contribution in [0.4, 0.5) is 5.69 Å². The molecule has 0 saturated heterocycles. The van der Waals surface area contributed by atoms with E-state index in [1.54, 1.807) is 6.07 Å². The number of carbonyl (C=O) groups is 1. The minimum absolute atomic E-state index is 0.346. The maximum absolute atomic E-state index is 11.6. The Balaban J connectivity index is 2.04. The number of carbonyl (C=O) groups excluding carboxylic acids is 1. The number of nitrogens with zero attached hydrogens (tertiary/aromatic N) is 1. The van der Waals surface area contributed by atoms with Gasteiger partial charge in [-0.1, -0.05) is 28.1 Å². The van der Waals surface area contributed by atoms with E-state index in [1.165, 1.54) is 0 Å². The van der Waals surface area contributed by atoms with Gasteiger partial charge in [-0.3, -0.25) is 0 Å². The Morgan fingerprint density at radius 1 is 0.944 bits per heavy atom. The molecule has 0 fully saturated rings. The molecule has 0 saturated carbocycles. The molecule has 0 radical (unpaired) electrons. The van der Waals surface area contributed by atoms with Gasteiger partial charge < -0.3 is 4.74 Å². The average molecular weight is 302 g/mol. The molecule has 4 heteroatoms. The van der Waals surface area contributed by atoms with Crippen molar-refractivity contribution in [1.82, 2.24) is 0 Å². The van der Waals surface area contributed by atoms with Crippen LogP contribution >= 0.6 is 15.9 Å². The topological polar surface area (TPSA) is 38.7 Å². The number of aliphatic imine (C=N–C) groups is 1. The first-order chi connectivity index (χ1) is 8.74. The molecule has 1 heterocycles. The van der Waals surface area contributed by atoms with Gasteiger partial charge in [-0.2, -0.15) is 0 Å². The average Bonchev–Trinajstić information content (AvgIpc) is 2.70. The highest BCUT2D eigenvalue weighted by atomic mass is 79.9. The van der Waals surface area contributed by atoms with Crippen LogP contribution in [0.1, 0.15) is 15.9 Å². The van der Waals surface area contributed by atoms with Crippen molar-refractivity contribution < 1.29 is 9.53 Å². The molecule has 0 N–H and O–H groups in total. The molecule has 88 valence electrons. The molecule has 3 rings (SSSR count). The molecule has 0 aromatic heterocycles. The fraction of sp³-hybridized carbons (Fsp3) is 0. The van der Waals surface area contributed by atoms with Crippen LogP contribution in [0.2, 0.25) is 0 Å². The van der Waals surface area contributed by atoms with Crippen LogP contribution in [-0.4, -0.2) is 11.9 Å². The molecule has 0 bridgehead atoms. The fourth-order valence-electron chi connectivity index (χ4n) is 1.76. The summed E-state index contributed by atoms with van der Waals surface area (Å²) in [7, 11) is 0. The second-order valence-corrected chi connectivity index (χ2v) is 4.74. The summed E-state index contributed by atoms with van der Waals surface area (Å²) in [5.41, 5.74) is 2.05. The lowest BCUT2D eigenvalue weighted by molar-refractivity contribution is 0.0737. The molecule has 3 nitrogen and oxygen atoms in total. The summed E-state index contributed by atoms with van der Waals surface area (Å²) in [6.45, 7) is 0. The minimum Gasteiger partial charge on any atom is -0.403 e. The predicted molar refractivity (Wildman–Crippen MR) is 72.2 cm³/mol. The van der Waals surface area contributed by atoms with Crippen molar-refractivity contribution in [3.63, 3.8) is 0 Å². The van der Waals surface area contributed by atoms with Crippen molar-refractivity contribution in [2.24, 2.45) is 4.99 Å². The van der Waals surface area contributed by atoms with Crippen LogP contribution in [0.5, 0.6) is 0 Å². The Morgan fingerprint density at radius 3 is 2.33 bits per heavy atom. The molecule has 1 aliphatic rings. The van der Waals surface area contributed by atoms with E-state index in [1.807, 2.05) is 42.5 Å². The zero-order valence-electron chi connectivity index (χ0n) is 9.26. The van der Waals surface area contributed by atoms with E-state index in [0.717, 1.165) is 15.7 Å². The van der Waals surface area contributed by atoms with E-state index in [2.05, 4.69) is 20.9 Å². The number of halogens is 1. The lowest BCUT2D eigenvalue weighted by Gasteiger charge is -1.98. The van der Waals surface area contributed by atoms with E-state index < -0.39 is 0 Å². The van der Waals surface area contributed by atoms with Crippen molar-refractivity contribution in [3.8, 4) is 0 Å². The maximum atomic E-state index is 11.6. The van der Waals surface area contributed by atoms with Crippen LogP contribution in [0.3, 0.4) is 0 Å². The largest absolute Gasteiger partial charge is 0.403 e. The number of hydrogen-bond acceptors (Lipinski definition) is 3. The van der Waals surface area contributed by atoms with Crippen molar-refractivity contribution in [2.45, 2.75) is 0 Å². The lowest BCUT2D eigenvalue weighted by atomic mass is 10.1. The molecule has 18 heavy (non-hydrogen) atoms. The number of benzene rings is 2. The Labute approximate surface area is 112 Å². The highest BCUT2D eigenvalue weighted by molar-refractivity contribution is 9.10. The van der Waals surface area contributed by atoms with E-state index in [-0.39, 0.29) is 5.97 Å². The first-order valence-corrected chi connectivity index (χ1v) is 6.19. The first-order valence-electron chi connectivity index (χ1n) is 5.40. The van der Waals surface area contributed by atoms with Gasteiger partial charge in [0, 0.05) is 4.47 Å². The Kier molecular flexibility index (Phi) is 2.72. The van der Waals surface area contributed by atoms with Gasteiger partial charge in [0.05, 0.1) is 16.8 Å². The molecule has 0 aliphatic carbocycles. The normalized spacial score (nSPS) is 15.6. The molecule has 0 spiro atoms. The smallest absolute Gasteiger partial charge is 0.345 e. The van der Waals surface area contributed by atoms with Crippen molar-refractivity contribution in [2.75, 3.05) is 0 Å².